The van der Waals surface area contributed by atoms with Gasteiger partial charge in [0.15, 0.2) is 0 Å². The Morgan fingerprint density at radius 2 is 1.88 bits per heavy atom. The number of nitrogens with one attached hydrogen (secondary N) is 2. The minimum absolute atomic E-state index is 0.0235. The van der Waals surface area contributed by atoms with E-state index >= 15 is 0 Å². The van der Waals surface area contributed by atoms with Gasteiger partial charge in [-0.2, -0.15) is 0 Å². The van der Waals surface area contributed by atoms with Gasteiger partial charge in [0.2, 0.25) is 11.8 Å². The van der Waals surface area contributed by atoms with Crippen molar-refractivity contribution in [1.29, 1.82) is 0 Å². The Labute approximate surface area is 143 Å². The number of benzene rings is 1. The molecule has 1 aliphatic carbocycles. The monoisotopic (exact) mass is 330 g/mol. The van der Waals surface area contributed by atoms with Gasteiger partial charge in [-0.3, -0.25) is 9.59 Å². The molecule has 0 bridgehead atoms. The molecule has 1 fully saturated rings. The zero-order chi connectivity index (χ0) is 17.4. The number of amides is 2. The second-order valence-corrected chi connectivity index (χ2v) is 6.20. The van der Waals surface area contributed by atoms with Gasteiger partial charge in [-0.05, 0) is 30.5 Å². The van der Waals surface area contributed by atoms with Crippen LogP contribution in [0, 0.1) is 0 Å². The molecule has 0 aliphatic heterocycles. The van der Waals surface area contributed by atoms with Crippen molar-refractivity contribution in [3.63, 3.8) is 0 Å². The predicted octanol–water partition coefficient (Wildman–Crippen LogP) is 2.78. The van der Waals surface area contributed by atoms with Crippen molar-refractivity contribution in [3.05, 3.63) is 42.5 Å². The minimum Gasteiger partial charge on any atom is -0.375 e. The molecule has 0 atom stereocenters. The normalized spacial score (nSPS) is 16.2. The van der Waals surface area contributed by atoms with Crippen LogP contribution in [0.3, 0.4) is 0 Å². The molecule has 130 valence electrons. The lowest BCUT2D eigenvalue weighted by Gasteiger charge is -2.36. The van der Waals surface area contributed by atoms with Crippen LogP contribution in [0.2, 0.25) is 0 Å². The van der Waals surface area contributed by atoms with E-state index in [0.29, 0.717) is 12.2 Å². The van der Waals surface area contributed by atoms with E-state index < -0.39 is 5.41 Å². The van der Waals surface area contributed by atoms with E-state index in [1.54, 1.807) is 6.08 Å². The third-order valence-corrected chi connectivity index (χ3v) is 4.55. The molecule has 1 aromatic rings. The molecule has 1 aliphatic rings. The number of hydrogen-bond acceptors (Lipinski definition) is 3. The summed E-state index contributed by atoms with van der Waals surface area (Å²) in [4.78, 5) is 24.4. The van der Waals surface area contributed by atoms with Crippen LogP contribution >= 0.6 is 0 Å². The molecule has 2 N–H and O–H groups in total. The summed E-state index contributed by atoms with van der Waals surface area (Å²) in [5.41, 5.74) is 1.24. The van der Waals surface area contributed by atoms with Crippen molar-refractivity contribution in [2.75, 3.05) is 25.6 Å². The summed E-state index contributed by atoms with van der Waals surface area (Å²) in [6, 6.07) is 7.59. The molecular formula is C19H26N2O3. The summed E-state index contributed by atoms with van der Waals surface area (Å²) in [5.74, 6) is -0.125. The lowest BCUT2D eigenvalue weighted by molar-refractivity contribution is -0.127. The van der Waals surface area contributed by atoms with Crippen LogP contribution in [-0.2, 0) is 19.7 Å². The van der Waals surface area contributed by atoms with Crippen LogP contribution in [0.5, 0.6) is 0 Å². The van der Waals surface area contributed by atoms with Crippen LogP contribution in [0.25, 0.3) is 0 Å². The molecule has 0 aromatic heterocycles. The van der Waals surface area contributed by atoms with Crippen LogP contribution in [0.1, 0.15) is 37.7 Å². The largest absolute Gasteiger partial charge is 0.375 e. The van der Waals surface area contributed by atoms with Gasteiger partial charge >= 0.3 is 0 Å². The summed E-state index contributed by atoms with van der Waals surface area (Å²) >= 11 is 0. The lowest BCUT2D eigenvalue weighted by atomic mass is 9.68. The van der Waals surface area contributed by atoms with Crippen molar-refractivity contribution in [2.24, 2.45) is 0 Å². The fourth-order valence-electron chi connectivity index (χ4n) is 3.34. The zero-order valence-electron chi connectivity index (χ0n) is 14.3. The highest BCUT2D eigenvalue weighted by molar-refractivity contribution is 5.92. The SMILES string of the molecule is C=CCNC(=O)C1(c2ccc(NC(=O)COC)cc2)CCCCC1. The van der Waals surface area contributed by atoms with Crippen molar-refractivity contribution in [1.82, 2.24) is 5.32 Å². The maximum Gasteiger partial charge on any atom is 0.250 e. The van der Waals surface area contributed by atoms with E-state index in [2.05, 4.69) is 17.2 Å². The first-order valence-electron chi connectivity index (χ1n) is 8.41. The first kappa shape index (κ1) is 18.2. The number of carbonyl (C=O) groups excluding carboxylic acids is 2. The fourth-order valence-corrected chi connectivity index (χ4v) is 3.34. The van der Waals surface area contributed by atoms with E-state index in [1.165, 1.54) is 13.5 Å². The third-order valence-electron chi connectivity index (χ3n) is 4.55. The molecule has 0 spiro atoms. The fraction of sp³-hybridized carbons (Fsp3) is 0.474. The number of rotatable bonds is 7. The minimum atomic E-state index is -0.476. The number of ether oxygens (including phenoxy) is 1. The molecule has 2 rings (SSSR count). The Morgan fingerprint density at radius 1 is 1.21 bits per heavy atom. The second-order valence-electron chi connectivity index (χ2n) is 6.20. The molecule has 1 saturated carbocycles. The number of carbonyl (C=O) groups is 2. The molecule has 0 heterocycles. The Kier molecular flexibility index (Phi) is 6.55. The van der Waals surface area contributed by atoms with E-state index in [4.69, 9.17) is 4.74 Å². The molecule has 2 amide bonds. The molecule has 5 heteroatoms. The van der Waals surface area contributed by atoms with Crippen molar-refractivity contribution < 1.29 is 14.3 Å². The summed E-state index contributed by atoms with van der Waals surface area (Å²) in [6.45, 7) is 4.16. The average molecular weight is 330 g/mol. The standard InChI is InChI=1S/C19H26N2O3/c1-3-13-20-18(23)19(11-5-4-6-12-19)15-7-9-16(10-8-15)21-17(22)14-24-2/h3,7-10H,1,4-6,11-14H2,2H3,(H,20,23)(H,21,22). The summed E-state index contributed by atoms with van der Waals surface area (Å²) in [5, 5.41) is 5.73. The van der Waals surface area contributed by atoms with Crippen molar-refractivity contribution >= 4 is 17.5 Å². The van der Waals surface area contributed by atoms with Gasteiger partial charge in [0.05, 0.1) is 5.41 Å². The number of hydrogen-bond donors (Lipinski definition) is 2. The molecule has 1 aromatic carbocycles. The van der Waals surface area contributed by atoms with Gasteiger partial charge in [0.25, 0.3) is 0 Å². The van der Waals surface area contributed by atoms with Crippen LogP contribution in [0.4, 0.5) is 5.69 Å². The smallest absolute Gasteiger partial charge is 0.250 e. The predicted molar refractivity (Wildman–Crippen MR) is 94.9 cm³/mol. The van der Waals surface area contributed by atoms with E-state index in [1.807, 2.05) is 24.3 Å². The highest BCUT2D eigenvalue weighted by Crippen LogP contribution is 2.40. The number of anilines is 1. The molecule has 0 unspecified atom stereocenters. The van der Waals surface area contributed by atoms with Gasteiger partial charge in [-0.25, -0.2) is 0 Å². The number of methoxy groups -OCH3 is 1. The summed E-state index contributed by atoms with van der Waals surface area (Å²) < 4.78 is 4.81. The Morgan fingerprint density at radius 3 is 2.46 bits per heavy atom. The molecule has 0 radical (unpaired) electrons. The third kappa shape index (κ3) is 4.23. The van der Waals surface area contributed by atoms with Gasteiger partial charge in [-0.1, -0.05) is 37.5 Å². The highest BCUT2D eigenvalue weighted by Gasteiger charge is 2.40. The first-order chi connectivity index (χ1) is 11.6. The Hall–Kier alpha value is -2.14. The van der Waals surface area contributed by atoms with Crippen molar-refractivity contribution in [2.45, 2.75) is 37.5 Å². The summed E-state index contributed by atoms with van der Waals surface area (Å²) in [6.07, 6.45) is 6.67. The first-order valence-corrected chi connectivity index (χ1v) is 8.41. The van der Waals surface area contributed by atoms with Crippen LogP contribution in [-0.4, -0.2) is 32.1 Å². The van der Waals surface area contributed by atoms with Crippen LogP contribution in [0.15, 0.2) is 36.9 Å². The van der Waals surface area contributed by atoms with Gasteiger partial charge in [0.1, 0.15) is 6.61 Å². The van der Waals surface area contributed by atoms with Crippen LogP contribution < -0.4 is 10.6 Å². The van der Waals surface area contributed by atoms with Gasteiger partial charge < -0.3 is 15.4 Å². The Bertz CT molecular complexity index is 575. The van der Waals surface area contributed by atoms with E-state index in [9.17, 15) is 9.59 Å². The molecule has 0 saturated heterocycles. The topological polar surface area (TPSA) is 67.4 Å². The second kappa shape index (κ2) is 8.64. The summed E-state index contributed by atoms with van der Waals surface area (Å²) in [7, 11) is 1.48. The molecular weight excluding hydrogens is 304 g/mol. The lowest BCUT2D eigenvalue weighted by Crippen LogP contribution is -2.45. The van der Waals surface area contributed by atoms with Crippen molar-refractivity contribution in [3.8, 4) is 0 Å². The average Bonchev–Trinajstić information content (AvgIpc) is 2.61. The molecule has 5 nitrogen and oxygen atoms in total. The van der Waals surface area contributed by atoms with E-state index in [-0.39, 0.29) is 18.4 Å². The molecule has 24 heavy (non-hydrogen) atoms. The maximum absolute atomic E-state index is 12.8. The Balaban J connectivity index is 2.19. The van der Waals surface area contributed by atoms with Gasteiger partial charge in [0, 0.05) is 19.3 Å². The van der Waals surface area contributed by atoms with E-state index in [0.717, 1.165) is 31.2 Å². The quantitative estimate of drug-likeness (QED) is 0.756. The van der Waals surface area contributed by atoms with Gasteiger partial charge in [-0.15, -0.1) is 6.58 Å². The maximum atomic E-state index is 12.8. The zero-order valence-corrected chi connectivity index (χ0v) is 14.3. The highest BCUT2D eigenvalue weighted by atomic mass is 16.5.